The van der Waals surface area contributed by atoms with E-state index in [4.69, 9.17) is 0 Å². The van der Waals surface area contributed by atoms with Crippen LogP contribution in [0.1, 0.15) is 49.7 Å². The number of hydrogen-bond donors (Lipinski definition) is 2. The van der Waals surface area contributed by atoms with Crippen LogP contribution in [0.25, 0.3) is 0 Å². The number of nitrogens with zero attached hydrogens (tertiary/aromatic N) is 2. The van der Waals surface area contributed by atoms with Gasteiger partial charge in [-0.3, -0.25) is 14.4 Å². The molecule has 40 heavy (non-hydrogen) atoms. The number of amides is 3. The van der Waals surface area contributed by atoms with Crippen molar-refractivity contribution in [2.24, 2.45) is 5.10 Å². The van der Waals surface area contributed by atoms with Crippen LogP contribution in [0.15, 0.2) is 114 Å². The number of thioether (sulfide) groups is 1. The molecule has 4 aromatic carbocycles. The maximum atomic E-state index is 12.7. The first-order valence-electron chi connectivity index (χ1n) is 12.8. The maximum Gasteiger partial charge on any atom is 0.271 e. The van der Waals surface area contributed by atoms with Gasteiger partial charge in [-0.2, -0.15) is 5.10 Å². The number of nitrogens with one attached hydrogen (secondary N) is 2. The van der Waals surface area contributed by atoms with Crippen molar-refractivity contribution in [2.45, 2.75) is 18.8 Å². The number of carbonyl (C=O) groups excluding carboxylic acids is 3. The number of hydrogen-bond acceptors (Lipinski definition) is 5. The van der Waals surface area contributed by atoms with Crippen LogP contribution in [0.3, 0.4) is 0 Å². The summed E-state index contributed by atoms with van der Waals surface area (Å²) in [6, 6.07) is 33.5. The highest BCUT2D eigenvalue weighted by molar-refractivity contribution is 8.00. The minimum atomic E-state index is -0.325. The predicted molar refractivity (Wildman–Crippen MR) is 159 cm³/mol. The normalized spacial score (nSPS) is 15.1. The molecule has 2 N–H and O–H groups in total. The predicted octanol–water partition coefficient (Wildman–Crippen LogP) is 5.87. The van der Waals surface area contributed by atoms with Crippen molar-refractivity contribution < 1.29 is 14.4 Å². The highest BCUT2D eigenvalue weighted by atomic mass is 32.2. The third-order valence-electron chi connectivity index (χ3n) is 6.54. The molecule has 1 aliphatic rings. The highest BCUT2D eigenvalue weighted by Crippen LogP contribution is 2.39. The molecule has 5 rings (SSSR count). The topological polar surface area (TPSA) is 90.9 Å². The molecule has 0 spiro atoms. The molecule has 0 aromatic heterocycles. The molecule has 1 atom stereocenters. The van der Waals surface area contributed by atoms with E-state index >= 15 is 0 Å². The molecule has 200 valence electrons. The lowest BCUT2D eigenvalue weighted by Gasteiger charge is -2.24. The number of benzene rings is 4. The van der Waals surface area contributed by atoms with Gasteiger partial charge in [-0.1, -0.05) is 72.8 Å². The average molecular weight is 549 g/mol. The van der Waals surface area contributed by atoms with E-state index in [2.05, 4.69) is 15.8 Å². The van der Waals surface area contributed by atoms with Crippen LogP contribution in [0.5, 0.6) is 0 Å². The summed E-state index contributed by atoms with van der Waals surface area (Å²) in [7, 11) is 0. The van der Waals surface area contributed by atoms with Crippen molar-refractivity contribution in [1.82, 2.24) is 10.3 Å². The van der Waals surface area contributed by atoms with Gasteiger partial charge < -0.3 is 10.2 Å². The fourth-order valence-electron chi connectivity index (χ4n) is 4.33. The first kappa shape index (κ1) is 26.9. The molecule has 1 aliphatic heterocycles. The Morgan fingerprint density at radius 2 is 1.40 bits per heavy atom. The summed E-state index contributed by atoms with van der Waals surface area (Å²) >= 11 is 1.59. The zero-order valence-electron chi connectivity index (χ0n) is 21.9. The van der Waals surface area contributed by atoms with Crippen LogP contribution in [0.2, 0.25) is 0 Å². The van der Waals surface area contributed by atoms with Gasteiger partial charge in [-0.25, -0.2) is 5.43 Å². The maximum absolute atomic E-state index is 12.7. The third kappa shape index (κ3) is 6.47. The fraction of sp³-hybridized carbons (Fsp3) is 0.125. The lowest BCUT2D eigenvalue weighted by Crippen LogP contribution is -2.27. The van der Waals surface area contributed by atoms with Crippen LogP contribution in [-0.2, 0) is 11.3 Å². The van der Waals surface area contributed by atoms with E-state index in [9.17, 15) is 14.4 Å². The molecule has 3 amide bonds. The molecular weight excluding hydrogens is 520 g/mol. The minimum absolute atomic E-state index is 0.0921. The molecule has 4 aromatic rings. The van der Waals surface area contributed by atoms with E-state index in [1.807, 2.05) is 77.7 Å². The van der Waals surface area contributed by atoms with E-state index in [0.717, 1.165) is 16.7 Å². The fourth-order valence-corrected chi connectivity index (χ4v) is 5.52. The molecular formula is C32H28N4O3S. The summed E-state index contributed by atoms with van der Waals surface area (Å²) in [4.78, 5) is 39.5. The second-order valence-electron chi connectivity index (χ2n) is 9.33. The summed E-state index contributed by atoms with van der Waals surface area (Å²) in [5, 5.41) is 7.02. The molecule has 1 heterocycles. The number of rotatable bonds is 8. The van der Waals surface area contributed by atoms with Gasteiger partial charge in [0.1, 0.15) is 5.37 Å². The molecule has 0 radical (unpaired) electrons. The molecule has 0 unspecified atom stereocenters. The Kier molecular flexibility index (Phi) is 8.37. The molecule has 0 saturated carbocycles. The van der Waals surface area contributed by atoms with Crippen molar-refractivity contribution in [3.8, 4) is 0 Å². The highest BCUT2D eigenvalue weighted by Gasteiger charge is 2.32. The van der Waals surface area contributed by atoms with Gasteiger partial charge in [-0.05, 0) is 60.0 Å². The lowest BCUT2D eigenvalue weighted by molar-refractivity contribution is -0.128. The van der Waals surface area contributed by atoms with Crippen LogP contribution >= 0.6 is 11.8 Å². The number of hydrazone groups is 1. The van der Waals surface area contributed by atoms with Gasteiger partial charge in [0.2, 0.25) is 5.91 Å². The van der Waals surface area contributed by atoms with Gasteiger partial charge in [0, 0.05) is 23.4 Å². The summed E-state index contributed by atoms with van der Waals surface area (Å²) in [6.45, 7) is 2.35. The largest absolute Gasteiger partial charge is 0.322 e. The number of anilines is 1. The smallest absolute Gasteiger partial charge is 0.271 e. The summed E-state index contributed by atoms with van der Waals surface area (Å²) in [5.41, 5.74) is 7.84. The standard InChI is InChI=1S/C32H28N4O3S/c1-22(24-16-18-28(19-17-24)33-30(38)25-10-6-3-7-11-25)34-35-31(39)26-12-14-27(15-13-26)32-36(29(37)21-40-32)20-23-8-4-2-5-9-23/h2-19,32H,20-21H2,1H3,(H,33,38)(H,35,39)/b34-22-/t32-/m1/s1. The van der Waals surface area contributed by atoms with Crippen molar-refractivity contribution in [2.75, 3.05) is 11.1 Å². The summed E-state index contributed by atoms with van der Waals surface area (Å²) in [5.74, 6) is 0.0405. The molecule has 0 bridgehead atoms. The van der Waals surface area contributed by atoms with Crippen molar-refractivity contribution in [3.05, 3.63) is 137 Å². The van der Waals surface area contributed by atoms with Crippen LogP contribution in [0, 0.1) is 0 Å². The number of carbonyl (C=O) groups is 3. The average Bonchev–Trinajstić information content (AvgIpc) is 3.36. The Balaban J connectivity index is 1.18. The first-order valence-corrected chi connectivity index (χ1v) is 13.9. The van der Waals surface area contributed by atoms with Gasteiger partial charge >= 0.3 is 0 Å². The molecule has 1 fully saturated rings. The van der Waals surface area contributed by atoms with E-state index in [-0.39, 0.29) is 23.1 Å². The quantitative estimate of drug-likeness (QED) is 0.213. The van der Waals surface area contributed by atoms with Gasteiger partial charge in [0.05, 0.1) is 11.5 Å². The Labute approximate surface area is 237 Å². The van der Waals surface area contributed by atoms with Crippen molar-refractivity contribution in [1.29, 1.82) is 0 Å². The summed E-state index contributed by atoms with van der Waals surface area (Å²) < 4.78 is 0. The lowest BCUT2D eigenvalue weighted by atomic mass is 10.1. The summed E-state index contributed by atoms with van der Waals surface area (Å²) in [6.07, 6.45) is 0. The zero-order chi connectivity index (χ0) is 27.9. The van der Waals surface area contributed by atoms with Gasteiger partial charge in [0.25, 0.3) is 11.8 Å². The minimum Gasteiger partial charge on any atom is -0.322 e. The van der Waals surface area contributed by atoms with Gasteiger partial charge in [0.15, 0.2) is 0 Å². The molecule has 1 saturated heterocycles. The van der Waals surface area contributed by atoms with E-state index in [0.29, 0.717) is 34.8 Å². The third-order valence-corrected chi connectivity index (χ3v) is 7.80. The Hall–Kier alpha value is -4.69. The monoisotopic (exact) mass is 548 g/mol. The van der Waals surface area contributed by atoms with Crippen LogP contribution in [0.4, 0.5) is 5.69 Å². The molecule has 8 heteroatoms. The Morgan fingerprint density at radius 3 is 2.08 bits per heavy atom. The second kappa shape index (κ2) is 12.4. The second-order valence-corrected chi connectivity index (χ2v) is 10.4. The van der Waals surface area contributed by atoms with E-state index in [1.165, 1.54) is 0 Å². The SMILES string of the molecule is C/C(=N/NC(=O)c1ccc([C@H]2SCC(=O)N2Cc2ccccc2)cc1)c1ccc(NC(=O)c2ccccc2)cc1. The Morgan fingerprint density at radius 1 is 0.800 bits per heavy atom. The van der Waals surface area contributed by atoms with E-state index in [1.54, 1.807) is 55.1 Å². The van der Waals surface area contributed by atoms with E-state index < -0.39 is 0 Å². The van der Waals surface area contributed by atoms with Crippen molar-refractivity contribution >= 4 is 40.9 Å². The Bertz CT molecular complexity index is 1520. The van der Waals surface area contributed by atoms with Crippen LogP contribution < -0.4 is 10.7 Å². The molecule has 0 aliphatic carbocycles. The van der Waals surface area contributed by atoms with Crippen LogP contribution in [-0.4, -0.2) is 34.1 Å². The zero-order valence-corrected chi connectivity index (χ0v) is 22.7. The van der Waals surface area contributed by atoms with Gasteiger partial charge in [-0.15, -0.1) is 11.8 Å². The van der Waals surface area contributed by atoms with Crippen molar-refractivity contribution in [3.63, 3.8) is 0 Å². The first-order chi connectivity index (χ1) is 19.5. The molecule has 7 nitrogen and oxygen atoms in total.